The maximum absolute atomic E-state index is 5.60. The third-order valence-electron chi connectivity index (χ3n) is 4.03. The van der Waals surface area contributed by atoms with Crippen molar-refractivity contribution >= 4 is 0 Å². The van der Waals surface area contributed by atoms with E-state index in [2.05, 4.69) is 23.2 Å². The standard InChI is InChI=1S/C14H22N2O/c1-11-3-2-7-16(11)10-12-6-8-17-14(12)9-15-13-4-5-13/h6,8,11,13,15H,2-5,7,9-10H2,1H3. The van der Waals surface area contributed by atoms with Crippen LogP contribution < -0.4 is 5.32 Å². The summed E-state index contributed by atoms with van der Waals surface area (Å²) in [6.07, 6.45) is 7.18. The van der Waals surface area contributed by atoms with E-state index in [1.54, 1.807) is 0 Å². The molecule has 1 saturated heterocycles. The van der Waals surface area contributed by atoms with Gasteiger partial charge in [0.25, 0.3) is 0 Å². The predicted octanol–water partition coefficient (Wildman–Crippen LogP) is 2.52. The van der Waals surface area contributed by atoms with Gasteiger partial charge in [-0.25, -0.2) is 0 Å². The molecule has 17 heavy (non-hydrogen) atoms. The quantitative estimate of drug-likeness (QED) is 0.848. The van der Waals surface area contributed by atoms with Crippen LogP contribution in [0.15, 0.2) is 16.7 Å². The summed E-state index contributed by atoms with van der Waals surface area (Å²) in [5.41, 5.74) is 1.37. The summed E-state index contributed by atoms with van der Waals surface area (Å²) in [6, 6.07) is 3.61. The molecule has 0 spiro atoms. The Morgan fingerprint density at radius 1 is 1.41 bits per heavy atom. The predicted molar refractivity (Wildman–Crippen MR) is 67.7 cm³/mol. The lowest BCUT2D eigenvalue weighted by molar-refractivity contribution is 0.258. The zero-order valence-corrected chi connectivity index (χ0v) is 10.6. The number of nitrogens with zero attached hydrogens (tertiary/aromatic N) is 1. The number of nitrogens with one attached hydrogen (secondary N) is 1. The van der Waals surface area contributed by atoms with Gasteiger partial charge in [-0.1, -0.05) is 0 Å². The Hall–Kier alpha value is -0.800. The molecule has 1 unspecified atom stereocenters. The van der Waals surface area contributed by atoms with E-state index in [1.165, 1.54) is 37.8 Å². The fraction of sp³-hybridized carbons (Fsp3) is 0.714. The van der Waals surface area contributed by atoms with Crippen molar-refractivity contribution in [2.75, 3.05) is 6.54 Å². The van der Waals surface area contributed by atoms with Crippen molar-refractivity contribution in [3.8, 4) is 0 Å². The second-order valence-corrected chi connectivity index (χ2v) is 5.49. The van der Waals surface area contributed by atoms with E-state index in [0.29, 0.717) is 0 Å². The highest BCUT2D eigenvalue weighted by atomic mass is 16.3. The minimum atomic E-state index is 0.731. The summed E-state index contributed by atoms with van der Waals surface area (Å²) in [5, 5.41) is 3.52. The van der Waals surface area contributed by atoms with Crippen LogP contribution in [0.2, 0.25) is 0 Å². The van der Waals surface area contributed by atoms with E-state index >= 15 is 0 Å². The molecule has 2 heterocycles. The zero-order chi connectivity index (χ0) is 11.7. The number of furan rings is 1. The Bertz CT molecular complexity index is 370. The highest BCUT2D eigenvalue weighted by molar-refractivity contribution is 5.17. The smallest absolute Gasteiger partial charge is 0.122 e. The molecule has 1 N–H and O–H groups in total. The van der Waals surface area contributed by atoms with Gasteiger partial charge in [-0.3, -0.25) is 4.90 Å². The Kier molecular flexibility index (Phi) is 3.21. The normalized spacial score (nSPS) is 25.6. The molecule has 0 aromatic carbocycles. The molecule has 0 bridgehead atoms. The molecule has 3 nitrogen and oxygen atoms in total. The molecule has 94 valence electrons. The molecule has 3 heteroatoms. The second kappa shape index (κ2) is 4.83. The van der Waals surface area contributed by atoms with Crippen LogP contribution in [0.1, 0.15) is 43.9 Å². The minimum absolute atomic E-state index is 0.731. The Morgan fingerprint density at radius 3 is 3.00 bits per heavy atom. The molecule has 1 aromatic rings. The van der Waals surface area contributed by atoms with E-state index in [0.717, 1.165) is 30.9 Å². The van der Waals surface area contributed by atoms with E-state index < -0.39 is 0 Å². The van der Waals surface area contributed by atoms with E-state index in [9.17, 15) is 0 Å². The Balaban J connectivity index is 1.59. The molecule has 0 amide bonds. The lowest BCUT2D eigenvalue weighted by atomic mass is 10.2. The van der Waals surface area contributed by atoms with Crippen LogP contribution in [0.3, 0.4) is 0 Å². The first-order chi connectivity index (χ1) is 8.33. The molecule has 1 atom stereocenters. The SMILES string of the molecule is CC1CCCN1Cc1ccoc1CNC1CC1. The minimum Gasteiger partial charge on any atom is -0.468 e. The van der Waals surface area contributed by atoms with Gasteiger partial charge in [0.05, 0.1) is 12.8 Å². The van der Waals surface area contributed by atoms with Crippen molar-refractivity contribution in [3.63, 3.8) is 0 Å². The van der Waals surface area contributed by atoms with Gasteiger partial charge in [-0.15, -0.1) is 0 Å². The first kappa shape index (κ1) is 11.3. The third kappa shape index (κ3) is 2.72. The van der Waals surface area contributed by atoms with Crippen LogP contribution in [0, 0.1) is 0 Å². The highest BCUT2D eigenvalue weighted by Crippen LogP contribution is 2.23. The molecule has 0 radical (unpaired) electrons. The second-order valence-electron chi connectivity index (χ2n) is 5.49. The Labute approximate surface area is 103 Å². The summed E-state index contributed by atoms with van der Waals surface area (Å²) in [7, 11) is 0. The van der Waals surface area contributed by atoms with Crippen molar-refractivity contribution in [2.45, 2.75) is 57.8 Å². The molecule has 1 saturated carbocycles. The van der Waals surface area contributed by atoms with Crippen LogP contribution in [0.4, 0.5) is 0 Å². The number of rotatable bonds is 5. The van der Waals surface area contributed by atoms with Gasteiger partial charge in [0.15, 0.2) is 0 Å². The molecule has 1 aromatic heterocycles. The van der Waals surface area contributed by atoms with Gasteiger partial charge in [0.2, 0.25) is 0 Å². The number of hydrogen-bond acceptors (Lipinski definition) is 3. The fourth-order valence-corrected chi connectivity index (χ4v) is 2.63. The van der Waals surface area contributed by atoms with Crippen molar-refractivity contribution < 1.29 is 4.42 Å². The molecule has 2 aliphatic rings. The summed E-state index contributed by atoms with van der Waals surface area (Å²) < 4.78 is 5.60. The largest absolute Gasteiger partial charge is 0.468 e. The summed E-state index contributed by atoms with van der Waals surface area (Å²) in [6.45, 7) is 5.52. The van der Waals surface area contributed by atoms with Crippen LogP contribution in [-0.4, -0.2) is 23.5 Å². The zero-order valence-electron chi connectivity index (χ0n) is 10.6. The van der Waals surface area contributed by atoms with Gasteiger partial charge in [-0.05, 0) is 45.2 Å². The Morgan fingerprint density at radius 2 is 2.29 bits per heavy atom. The average Bonchev–Trinajstić information content (AvgIpc) is 2.92. The average molecular weight is 234 g/mol. The lowest BCUT2D eigenvalue weighted by Gasteiger charge is -2.20. The number of likely N-dealkylation sites (tertiary alicyclic amines) is 1. The maximum Gasteiger partial charge on any atom is 0.122 e. The highest BCUT2D eigenvalue weighted by Gasteiger charge is 2.23. The van der Waals surface area contributed by atoms with E-state index in [4.69, 9.17) is 4.42 Å². The van der Waals surface area contributed by atoms with Gasteiger partial charge in [0.1, 0.15) is 5.76 Å². The van der Waals surface area contributed by atoms with Crippen molar-refractivity contribution in [1.29, 1.82) is 0 Å². The molecule has 1 aliphatic carbocycles. The molecular formula is C14H22N2O. The van der Waals surface area contributed by atoms with Gasteiger partial charge in [-0.2, -0.15) is 0 Å². The first-order valence-corrected chi connectivity index (χ1v) is 6.85. The summed E-state index contributed by atoms with van der Waals surface area (Å²) in [5.74, 6) is 1.14. The summed E-state index contributed by atoms with van der Waals surface area (Å²) >= 11 is 0. The van der Waals surface area contributed by atoms with Crippen LogP contribution in [0.5, 0.6) is 0 Å². The monoisotopic (exact) mass is 234 g/mol. The van der Waals surface area contributed by atoms with Crippen LogP contribution in [0.25, 0.3) is 0 Å². The van der Waals surface area contributed by atoms with E-state index in [1.807, 2.05) is 6.26 Å². The number of hydrogen-bond donors (Lipinski definition) is 1. The molecular weight excluding hydrogens is 212 g/mol. The van der Waals surface area contributed by atoms with E-state index in [-0.39, 0.29) is 0 Å². The van der Waals surface area contributed by atoms with Crippen LogP contribution in [-0.2, 0) is 13.1 Å². The van der Waals surface area contributed by atoms with Gasteiger partial charge >= 0.3 is 0 Å². The molecule has 1 aliphatic heterocycles. The van der Waals surface area contributed by atoms with Crippen molar-refractivity contribution in [2.24, 2.45) is 0 Å². The third-order valence-corrected chi connectivity index (χ3v) is 4.03. The topological polar surface area (TPSA) is 28.4 Å². The van der Waals surface area contributed by atoms with Crippen molar-refractivity contribution in [3.05, 3.63) is 23.7 Å². The lowest BCUT2D eigenvalue weighted by Crippen LogP contribution is -2.27. The molecule has 2 fully saturated rings. The van der Waals surface area contributed by atoms with Gasteiger partial charge < -0.3 is 9.73 Å². The summed E-state index contributed by atoms with van der Waals surface area (Å²) in [4.78, 5) is 2.56. The van der Waals surface area contributed by atoms with Crippen LogP contribution >= 0.6 is 0 Å². The van der Waals surface area contributed by atoms with Gasteiger partial charge in [0, 0.05) is 24.2 Å². The molecule has 3 rings (SSSR count). The maximum atomic E-state index is 5.60. The first-order valence-electron chi connectivity index (χ1n) is 6.85. The van der Waals surface area contributed by atoms with Crippen molar-refractivity contribution in [1.82, 2.24) is 10.2 Å². The fourth-order valence-electron chi connectivity index (χ4n) is 2.63.